The third-order valence-corrected chi connectivity index (χ3v) is 4.41. The van der Waals surface area contributed by atoms with Gasteiger partial charge >= 0.3 is 0 Å². The van der Waals surface area contributed by atoms with Gasteiger partial charge in [-0.15, -0.1) is 0 Å². The predicted octanol–water partition coefficient (Wildman–Crippen LogP) is 2.55. The Bertz CT molecular complexity index is 690. The molecule has 6 heteroatoms. The minimum absolute atomic E-state index is 0.151. The lowest BCUT2D eigenvalue weighted by Crippen LogP contribution is -2.31. The molecule has 0 saturated carbocycles. The normalized spacial score (nSPS) is 16.2. The van der Waals surface area contributed by atoms with E-state index in [1.165, 1.54) is 0 Å². The zero-order chi connectivity index (χ0) is 16.9. The summed E-state index contributed by atoms with van der Waals surface area (Å²) in [5.74, 6) is 0.442. The number of benzene rings is 1. The molecule has 3 rings (SSSR count). The molecule has 0 spiro atoms. The number of rotatable bonds is 5. The quantitative estimate of drug-likeness (QED) is 0.916. The number of hydrogen-bond donors (Lipinski definition) is 1. The molecule has 128 valence electrons. The fourth-order valence-electron chi connectivity index (χ4n) is 3.03. The Hall–Kier alpha value is -2.18. The molecule has 1 N–H and O–H groups in total. The van der Waals surface area contributed by atoms with E-state index in [1.807, 2.05) is 35.1 Å². The summed E-state index contributed by atoms with van der Waals surface area (Å²) in [7, 11) is 3.78. The second kappa shape index (κ2) is 7.59. The zero-order valence-electron chi connectivity index (χ0n) is 14.2. The van der Waals surface area contributed by atoms with Gasteiger partial charge in [0.05, 0.1) is 12.6 Å². The van der Waals surface area contributed by atoms with E-state index in [-0.39, 0.29) is 5.91 Å². The molecule has 0 atom stereocenters. The average Bonchev–Trinajstić information content (AvgIpc) is 3.04. The van der Waals surface area contributed by atoms with Crippen LogP contribution in [0, 0.1) is 0 Å². The van der Waals surface area contributed by atoms with Crippen molar-refractivity contribution in [1.29, 1.82) is 0 Å². The largest absolute Gasteiger partial charge is 0.380 e. The van der Waals surface area contributed by atoms with Crippen LogP contribution in [0.4, 0.5) is 5.82 Å². The Balaban J connectivity index is 1.64. The van der Waals surface area contributed by atoms with Gasteiger partial charge in [0.25, 0.3) is 5.91 Å². The summed E-state index contributed by atoms with van der Waals surface area (Å²) in [4.78, 5) is 14.7. The highest BCUT2D eigenvalue weighted by molar-refractivity contribution is 6.03. The van der Waals surface area contributed by atoms with E-state index in [0.29, 0.717) is 24.0 Å². The number of likely N-dealkylation sites (tertiary alicyclic amines) is 1. The van der Waals surface area contributed by atoms with Crippen molar-refractivity contribution in [1.82, 2.24) is 14.7 Å². The molecule has 2 aromatic rings. The Kier molecular flexibility index (Phi) is 5.27. The van der Waals surface area contributed by atoms with Crippen LogP contribution in [0.1, 0.15) is 34.8 Å². The monoisotopic (exact) mass is 328 g/mol. The summed E-state index contributed by atoms with van der Waals surface area (Å²) in [6, 6.07) is 9.71. The molecule has 2 heterocycles. The summed E-state index contributed by atoms with van der Waals surface area (Å²) in [6.45, 7) is 2.66. The third-order valence-electron chi connectivity index (χ3n) is 4.41. The van der Waals surface area contributed by atoms with Crippen LogP contribution in [0.3, 0.4) is 0 Å². The first-order valence-electron chi connectivity index (χ1n) is 8.28. The Morgan fingerprint density at radius 1 is 1.33 bits per heavy atom. The summed E-state index contributed by atoms with van der Waals surface area (Å²) >= 11 is 0. The fourth-order valence-corrected chi connectivity index (χ4v) is 3.03. The van der Waals surface area contributed by atoms with Gasteiger partial charge in [-0.2, -0.15) is 5.10 Å². The van der Waals surface area contributed by atoms with E-state index < -0.39 is 0 Å². The highest BCUT2D eigenvalue weighted by atomic mass is 16.5. The molecule has 1 amide bonds. The van der Waals surface area contributed by atoms with Gasteiger partial charge in [0, 0.05) is 24.9 Å². The third kappa shape index (κ3) is 4.01. The molecule has 1 fully saturated rings. The van der Waals surface area contributed by atoms with Crippen molar-refractivity contribution < 1.29 is 9.53 Å². The Morgan fingerprint density at radius 2 is 2.12 bits per heavy atom. The molecule has 0 unspecified atom stereocenters. The molecular weight excluding hydrogens is 304 g/mol. The number of nitrogens with zero attached hydrogens (tertiary/aromatic N) is 3. The molecule has 1 aromatic carbocycles. The molecule has 0 bridgehead atoms. The average molecular weight is 328 g/mol. The second-order valence-corrected chi connectivity index (χ2v) is 6.30. The van der Waals surface area contributed by atoms with Gasteiger partial charge in [0.2, 0.25) is 0 Å². The van der Waals surface area contributed by atoms with Crippen LogP contribution >= 0.6 is 0 Å². The van der Waals surface area contributed by atoms with Crippen LogP contribution in [-0.4, -0.2) is 47.8 Å². The number of anilines is 1. The molecule has 24 heavy (non-hydrogen) atoms. The summed E-state index contributed by atoms with van der Waals surface area (Å²) < 4.78 is 7.08. The maximum atomic E-state index is 12.4. The van der Waals surface area contributed by atoms with E-state index in [0.717, 1.165) is 31.5 Å². The number of ether oxygens (including phenoxy) is 1. The van der Waals surface area contributed by atoms with Gasteiger partial charge in [-0.1, -0.05) is 12.1 Å². The van der Waals surface area contributed by atoms with Crippen molar-refractivity contribution in [3.63, 3.8) is 0 Å². The Morgan fingerprint density at radius 3 is 2.88 bits per heavy atom. The number of carbonyl (C=O) groups is 1. The standard InChI is InChI=1S/C18H24N4O2/c1-21-9-6-16(7-10-21)22-11-8-17(20-22)19-18(23)15-5-3-4-14(12-15)13-24-2/h3-5,8,11-12,16H,6-7,9-10,13H2,1-2H3,(H,19,20,23). The van der Waals surface area contributed by atoms with E-state index in [1.54, 1.807) is 13.2 Å². The van der Waals surface area contributed by atoms with Crippen LogP contribution in [0.5, 0.6) is 0 Å². The van der Waals surface area contributed by atoms with Gasteiger partial charge in [-0.05, 0) is 50.7 Å². The highest BCUT2D eigenvalue weighted by Crippen LogP contribution is 2.22. The van der Waals surface area contributed by atoms with Crippen molar-refractivity contribution >= 4 is 11.7 Å². The molecule has 0 aliphatic carbocycles. The maximum Gasteiger partial charge on any atom is 0.256 e. The van der Waals surface area contributed by atoms with Gasteiger partial charge in [-0.3, -0.25) is 9.48 Å². The lowest BCUT2D eigenvalue weighted by molar-refractivity contribution is 0.102. The predicted molar refractivity (Wildman–Crippen MR) is 93.1 cm³/mol. The van der Waals surface area contributed by atoms with Crippen LogP contribution in [-0.2, 0) is 11.3 Å². The molecule has 0 radical (unpaired) electrons. The number of amides is 1. The van der Waals surface area contributed by atoms with E-state index in [2.05, 4.69) is 22.4 Å². The number of carbonyl (C=O) groups excluding carboxylic acids is 1. The molecule has 1 aliphatic heterocycles. The van der Waals surface area contributed by atoms with Crippen molar-refractivity contribution in [3.05, 3.63) is 47.7 Å². The number of hydrogen-bond acceptors (Lipinski definition) is 4. The number of aromatic nitrogens is 2. The minimum Gasteiger partial charge on any atom is -0.380 e. The zero-order valence-corrected chi connectivity index (χ0v) is 14.2. The molecule has 1 aliphatic rings. The highest BCUT2D eigenvalue weighted by Gasteiger charge is 2.19. The summed E-state index contributed by atoms with van der Waals surface area (Å²) in [5, 5.41) is 7.40. The van der Waals surface area contributed by atoms with Crippen molar-refractivity contribution in [2.45, 2.75) is 25.5 Å². The van der Waals surface area contributed by atoms with Crippen LogP contribution in [0.2, 0.25) is 0 Å². The molecular formula is C18H24N4O2. The van der Waals surface area contributed by atoms with Crippen molar-refractivity contribution in [3.8, 4) is 0 Å². The first-order chi connectivity index (χ1) is 11.7. The number of nitrogens with one attached hydrogen (secondary N) is 1. The molecule has 6 nitrogen and oxygen atoms in total. The number of methoxy groups -OCH3 is 1. The van der Waals surface area contributed by atoms with Gasteiger partial charge < -0.3 is 15.0 Å². The lowest BCUT2D eigenvalue weighted by Gasteiger charge is -2.28. The van der Waals surface area contributed by atoms with Crippen molar-refractivity contribution in [2.24, 2.45) is 0 Å². The van der Waals surface area contributed by atoms with E-state index >= 15 is 0 Å². The SMILES string of the molecule is COCc1cccc(C(=O)Nc2ccn(C3CCN(C)CC3)n2)c1. The fraction of sp³-hybridized carbons (Fsp3) is 0.444. The van der Waals surface area contributed by atoms with Crippen LogP contribution < -0.4 is 5.32 Å². The van der Waals surface area contributed by atoms with Gasteiger partial charge in [0.15, 0.2) is 5.82 Å². The minimum atomic E-state index is -0.151. The van der Waals surface area contributed by atoms with E-state index in [4.69, 9.17) is 4.74 Å². The smallest absolute Gasteiger partial charge is 0.256 e. The first-order valence-corrected chi connectivity index (χ1v) is 8.28. The van der Waals surface area contributed by atoms with Gasteiger partial charge in [-0.25, -0.2) is 0 Å². The maximum absolute atomic E-state index is 12.4. The van der Waals surface area contributed by atoms with Crippen LogP contribution in [0.15, 0.2) is 36.5 Å². The van der Waals surface area contributed by atoms with Gasteiger partial charge in [0.1, 0.15) is 0 Å². The molecule has 1 saturated heterocycles. The number of piperidine rings is 1. The lowest BCUT2D eigenvalue weighted by atomic mass is 10.1. The topological polar surface area (TPSA) is 59.4 Å². The Labute approximate surface area is 142 Å². The van der Waals surface area contributed by atoms with E-state index in [9.17, 15) is 4.79 Å². The van der Waals surface area contributed by atoms with Crippen LogP contribution in [0.25, 0.3) is 0 Å². The summed E-state index contributed by atoms with van der Waals surface area (Å²) in [5.41, 5.74) is 1.58. The van der Waals surface area contributed by atoms with Crippen molar-refractivity contribution in [2.75, 3.05) is 32.6 Å². The molecule has 1 aromatic heterocycles. The second-order valence-electron chi connectivity index (χ2n) is 6.30. The summed E-state index contributed by atoms with van der Waals surface area (Å²) in [6.07, 6.45) is 4.13. The first kappa shape index (κ1) is 16.7.